The Balaban J connectivity index is 0.000000242. The van der Waals surface area contributed by atoms with Crippen molar-refractivity contribution in [3.63, 3.8) is 0 Å². The highest BCUT2D eigenvalue weighted by molar-refractivity contribution is 7.98. The monoisotopic (exact) mass is 742 g/mol. The van der Waals surface area contributed by atoms with Crippen molar-refractivity contribution in [1.82, 2.24) is 29.9 Å². The van der Waals surface area contributed by atoms with Gasteiger partial charge in [0, 0.05) is 52.9 Å². The van der Waals surface area contributed by atoms with Crippen LogP contribution in [-0.2, 0) is 0 Å². The van der Waals surface area contributed by atoms with E-state index in [-0.39, 0.29) is 36.2 Å². The third-order valence-corrected chi connectivity index (χ3v) is 7.54. The number of nitrogens with one attached hydrogen (secondary N) is 2. The molecule has 0 bridgehead atoms. The first kappa shape index (κ1) is 40.1. The number of halogens is 4. The van der Waals surface area contributed by atoms with Crippen molar-refractivity contribution >= 4 is 35.9 Å². The minimum Gasteiger partial charge on any atom is -0.475 e. The van der Waals surface area contributed by atoms with Crippen LogP contribution >= 0.6 is 35.9 Å². The van der Waals surface area contributed by atoms with E-state index < -0.39 is 5.95 Å². The molecule has 2 aromatic carbocycles. The number of hydrogen-bond acceptors (Lipinski definition) is 8. The normalized spacial score (nSPS) is 10.6. The maximum absolute atomic E-state index is 13.3. The molecule has 0 amide bonds. The van der Waals surface area contributed by atoms with Crippen LogP contribution in [0.3, 0.4) is 0 Å². The molecule has 4 aromatic heterocycles. The molecule has 0 radical (unpaired) electrons. The van der Waals surface area contributed by atoms with Crippen LogP contribution in [0.15, 0.2) is 95.5 Å². The summed E-state index contributed by atoms with van der Waals surface area (Å²) in [6.45, 7) is 7.36. The van der Waals surface area contributed by atoms with Gasteiger partial charge in [-0.1, -0.05) is 23.5 Å². The molecule has 0 fully saturated rings. The van der Waals surface area contributed by atoms with Gasteiger partial charge in [0.1, 0.15) is 11.6 Å². The first-order valence-corrected chi connectivity index (χ1v) is 17.6. The highest BCUT2D eigenvalue weighted by atomic mass is 35.5. The molecular weight excluding hydrogens is 705 g/mol. The number of nitrogens with zero attached hydrogens (tertiary/aromatic N) is 4. The number of H-pyrrole nitrogens is 2. The van der Waals surface area contributed by atoms with Crippen molar-refractivity contribution in [3.05, 3.63) is 103 Å². The number of hydrogen-bond donors (Lipinski definition) is 3. The lowest BCUT2D eigenvalue weighted by Crippen LogP contribution is -2.06. The lowest BCUT2D eigenvalue weighted by atomic mass is 10.1. The highest BCUT2D eigenvalue weighted by Gasteiger charge is 2.16. The minimum absolute atomic E-state index is 0. The molecule has 0 aliphatic heterocycles. The zero-order valence-corrected chi connectivity index (χ0v) is 30.7. The topological polar surface area (TPSA) is 113 Å². The number of pyridine rings is 2. The quantitative estimate of drug-likeness (QED) is 0.104. The average Bonchev–Trinajstić information content (AvgIpc) is 3.71. The number of aliphatic hydroxyl groups is 1. The molecule has 3 N–H and O–H groups in total. The zero-order chi connectivity index (χ0) is 35.5. The smallest absolute Gasteiger partial charge is 0.214 e. The van der Waals surface area contributed by atoms with Crippen LogP contribution in [0, 0.1) is 17.6 Å². The second kappa shape index (κ2) is 19.2. The predicted octanol–water partition coefficient (Wildman–Crippen LogP) is 9.73. The largest absolute Gasteiger partial charge is 0.475 e. The molecule has 0 atom stereocenters. The number of benzene rings is 2. The van der Waals surface area contributed by atoms with Gasteiger partial charge in [0.25, 0.3) is 0 Å². The van der Waals surface area contributed by atoms with E-state index in [0.29, 0.717) is 22.3 Å². The van der Waals surface area contributed by atoms with Crippen molar-refractivity contribution in [1.29, 1.82) is 0 Å². The number of rotatable bonds is 8. The maximum atomic E-state index is 13.3. The van der Waals surface area contributed by atoms with E-state index in [9.17, 15) is 13.2 Å². The summed E-state index contributed by atoms with van der Waals surface area (Å²) in [5.41, 5.74) is 6.17. The van der Waals surface area contributed by atoms with Crippen LogP contribution in [-0.4, -0.2) is 59.7 Å². The lowest BCUT2D eigenvalue weighted by molar-refractivity contribution is 0.216. The van der Waals surface area contributed by atoms with E-state index in [0.717, 1.165) is 38.9 Å². The SMILES string of the molecule is CC(C)O.CSc1nc(-c2ccnc(F)c2)c(-c2ccc(F)cc2)[nH]1.CSc1nc(-c2ccnc(OC(C)C)c2)c(-c2ccc(F)cc2)[nH]1.Cl. The molecule has 50 heavy (non-hydrogen) atoms. The number of aliphatic hydroxyl groups excluding tert-OH is 1. The summed E-state index contributed by atoms with van der Waals surface area (Å²) >= 11 is 2.97. The second-order valence-corrected chi connectivity index (χ2v) is 12.6. The highest BCUT2D eigenvalue weighted by Crippen LogP contribution is 2.34. The second-order valence-electron chi connectivity index (χ2n) is 11.0. The molecule has 264 valence electrons. The van der Waals surface area contributed by atoms with E-state index in [1.807, 2.05) is 38.5 Å². The fraction of sp³-hybridized carbons (Fsp3) is 0.222. The molecule has 0 aliphatic carbocycles. The van der Waals surface area contributed by atoms with Crippen LogP contribution in [0.5, 0.6) is 5.88 Å². The zero-order valence-electron chi connectivity index (χ0n) is 28.2. The first-order valence-electron chi connectivity index (χ1n) is 15.2. The van der Waals surface area contributed by atoms with Gasteiger partial charge in [-0.3, -0.25) is 0 Å². The van der Waals surface area contributed by atoms with Crippen molar-refractivity contribution in [3.8, 4) is 50.9 Å². The van der Waals surface area contributed by atoms with Gasteiger partial charge in [-0.05, 0) is 101 Å². The Morgan fingerprint density at radius 1 is 0.640 bits per heavy atom. The number of aromatic amines is 2. The average molecular weight is 743 g/mol. The Labute approximate surface area is 304 Å². The maximum Gasteiger partial charge on any atom is 0.214 e. The number of ether oxygens (including phenoxy) is 1. The Kier molecular flexibility index (Phi) is 15.4. The van der Waals surface area contributed by atoms with Crippen molar-refractivity contribution in [2.24, 2.45) is 0 Å². The van der Waals surface area contributed by atoms with E-state index in [2.05, 4.69) is 29.9 Å². The van der Waals surface area contributed by atoms with Gasteiger partial charge < -0.3 is 19.8 Å². The summed E-state index contributed by atoms with van der Waals surface area (Å²) < 4.78 is 45.3. The van der Waals surface area contributed by atoms with Gasteiger partial charge in [0.05, 0.1) is 28.9 Å². The van der Waals surface area contributed by atoms with Crippen LogP contribution in [0.4, 0.5) is 13.2 Å². The fourth-order valence-electron chi connectivity index (χ4n) is 4.38. The molecule has 0 saturated carbocycles. The number of imidazole rings is 2. The molecular formula is C36H38ClF3N6O2S2. The summed E-state index contributed by atoms with van der Waals surface area (Å²) in [4.78, 5) is 23.4. The van der Waals surface area contributed by atoms with Crippen molar-refractivity contribution in [2.45, 2.75) is 50.2 Å². The summed E-state index contributed by atoms with van der Waals surface area (Å²) in [6.07, 6.45) is 6.83. The standard InChI is InChI=1S/C18H18FN3OS.C15H11F2N3S.C3H8O.ClH/c1-11(2)23-15-10-13(8-9-20-15)17-16(21-18(22-17)24-3)12-4-6-14(19)7-5-12;1-21-15-19-13(9-2-4-11(16)5-3-9)14(20-15)10-6-7-18-12(17)8-10;1-3(2)4;/h4-11H,1-3H3,(H,21,22);2-8H,1H3,(H,19,20);3-4H,1-2H3;1H. The minimum atomic E-state index is -0.564. The third-order valence-electron chi connectivity index (χ3n) is 6.38. The van der Waals surface area contributed by atoms with Gasteiger partial charge in [0.15, 0.2) is 10.3 Å². The molecule has 0 spiro atoms. The van der Waals surface area contributed by atoms with Gasteiger partial charge in [-0.2, -0.15) is 4.39 Å². The van der Waals surface area contributed by atoms with Crippen LogP contribution < -0.4 is 4.74 Å². The summed E-state index contributed by atoms with van der Waals surface area (Å²) in [5.74, 6) is -0.575. The van der Waals surface area contributed by atoms with Crippen molar-refractivity contribution in [2.75, 3.05) is 12.5 Å². The molecule has 0 unspecified atom stereocenters. The Hall–Kier alpha value is -4.30. The Bertz CT molecular complexity index is 1940. The van der Waals surface area contributed by atoms with Crippen LogP contribution in [0.1, 0.15) is 27.7 Å². The molecule has 8 nitrogen and oxygen atoms in total. The van der Waals surface area contributed by atoms with E-state index in [1.54, 1.807) is 50.4 Å². The molecule has 6 rings (SSSR count). The Morgan fingerprint density at radius 3 is 1.46 bits per heavy atom. The van der Waals surface area contributed by atoms with Gasteiger partial charge >= 0.3 is 0 Å². The number of thioether (sulfide) groups is 2. The molecule has 0 saturated heterocycles. The molecule has 4 heterocycles. The van der Waals surface area contributed by atoms with Crippen LogP contribution in [0.25, 0.3) is 45.0 Å². The number of aromatic nitrogens is 6. The fourth-order valence-corrected chi connectivity index (χ4v) is 5.15. The Morgan fingerprint density at radius 2 is 1.06 bits per heavy atom. The summed E-state index contributed by atoms with van der Waals surface area (Å²) in [6, 6.07) is 19.2. The van der Waals surface area contributed by atoms with E-state index >= 15 is 0 Å². The van der Waals surface area contributed by atoms with Crippen molar-refractivity contribution < 1.29 is 23.0 Å². The van der Waals surface area contributed by atoms with Gasteiger partial charge in [-0.15, -0.1) is 12.4 Å². The van der Waals surface area contributed by atoms with E-state index in [4.69, 9.17) is 9.84 Å². The molecule has 0 aliphatic rings. The van der Waals surface area contributed by atoms with E-state index in [1.165, 1.54) is 60.1 Å². The van der Waals surface area contributed by atoms with Gasteiger partial charge in [-0.25, -0.2) is 28.7 Å². The van der Waals surface area contributed by atoms with Crippen LogP contribution in [0.2, 0.25) is 0 Å². The summed E-state index contributed by atoms with van der Waals surface area (Å²) in [5, 5.41) is 9.56. The predicted molar refractivity (Wildman–Crippen MR) is 198 cm³/mol. The first-order chi connectivity index (χ1) is 23.5. The van der Waals surface area contributed by atoms with Gasteiger partial charge in [0.2, 0.25) is 11.8 Å². The summed E-state index contributed by atoms with van der Waals surface area (Å²) in [7, 11) is 0. The molecule has 14 heteroatoms. The third kappa shape index (κ3) is 11.4. The molecule has 6 aromatic rings. The lowest BCUT2D eigenvalue weighted by Gasteiger charge is -2.09.